The Morgan fingerprint density at radius 2 is 1.77 bits per heavy atom. The topological polar surface area (TPSA) is 40.2 Å². The SMILES string of the molecule is CC1OCC2OC(C)C3OC3C2O1. The summed E-state index contributed by atoms with van der Waals surface area (Å²) in [5.41, 5.74) is 0. The van der Waals surface area contributed by atoms with Crippen LogP contribution in [0.1, 0.15) is 13.8 Å². The molecule has 4 nitrogen and oxygen atoms in total. The second kappa shape index (κ2) is 2.67. The number of hydrogen-bond acceptors (Lipinski definition) is 4. The summed E-state index contributed by atoms with van der Waals surface area (Å²) >= 11 is 0. The molecule has 0 N–H and O–H groups in total. The zero-order valence-corrected chi connectivity index (χ0v) is 7.80. The highest BCUT2D eigenvalue weighted by molar-refractivity contribution is 5.03. The predicted octanol–water partition coefficient (Wildman–Crippen LogP) is 0.302. The minimum Gasteiger partial charge on any atom is -0.367 e. The molecule has 0 aromatic heterocycles. The Hall–Kier alpha value is -0.160. The zero-order valence-electron chi connectivity index (χ0n) is 7.80. The van der Waals surface area contributed by atoms with Gasteiger partial charge in [-0.3, -0.25) is 0 Å². The van der Waals surface area contributed by atoms with Crippen molar-refractivity contribution in [3.8, 4) is 0 Å². The maximum Gasteiger partial charge on any atom is 0.155 e. The normalized spacial score (nSPS) is 59.5. The number of epoxide rings is 1. The monoisotopic (exact) mass is 186 g/mol. The molecule has 0 aromatic rings. The van der Waals surface area contributed by atoms with Crippen LogP contribution in [0, 0.1) is 0 Å². The molecule has 0 amide bonds. The zero-order chi connectivity index (χ0) is 9.00. The fourth-order valence-electron chi connectivity index (χ4n) is 2.21. The van der Waals surface area contributed by atoms with E-state index >= 15 is 0 Å². The third-order valence-corrected chi connectivity index (χ3v) is 2.95. The van der Waals surface area contributed by atoms with E-state index < -0.39 is 0 Å². The summed E-state index contributed by atoms with van der Waals surface area (Å²) in [5.74, 6) is 0. The van der Waals surface area contributed by atoms with Gasteiger partial charge in [-0.25, -0.2) is 0 Å². The number of fused-ring (bicyclic) bond motifs is 3. The summed E-state index contributed by atoms with van der Waals surface area (Å²) in [6.07, 6.45) is 0.724. The van der Waals surface area contributed by atoms with Gasteiger partial charge in [-0.1, -0.05) is 0 Å². The molecular formula is C9H14O4. The Morgan fingerprint density at radius 3 is 2.62 bits per heavy atom. The van der Waals surface area contributed by atoms with Gasteiger partial charge in [0.2, 0.25) is 0 Å². The largest absolute Gasteiger partial charge is 0.367 e. The second-order valence-electron chi connectivity index (χ2n) is 3.95. The van der Waals surface area contributed by atoms with Crippen LogP contribution in [0.4, 0.5) is 0 Å². The molecule has 3 rings (SSSR count). The van der Waals surface area contributed by atoms with Gasteiger partial charge in [0.25, 0.3) is 0 Å². The molecule has 0 radical (unpaired) electrons. The first-order chi connectivity index (χ1) is 6.25. The van der Waals surface area contributed by atoms with Gasteiger partial charge in [0.15, 0.2) is 6.29 Å². The summed E-state index contributed by atoms with van der Waals surface area (Å²) in [6, 6.07) is 0. The molecule has 13 heavy (non-hydrogen) atoms. The summed E-state index contributed by atoms with van der Waals surface area (Å²) in [6.45, 7) is 4.58. The third kappa shape index (κ3) is 1.21. The molecule has 4 heteroatoms. The van der Waals surface area contributed by atoms with E-state index in [1.54, 1.807) is 0 Å². The molecule has 3 aliphatic heterocycles. The average Bonchev–Trinajstić information content (AvgIpc) is 2.86. The Morgan fingerprint density at radius 1 is 0.923 bits per heavy atom. The Bertz CT molecular complexity index is 220. The van der Waals surface area contributed by atoms with Crippen LogP contribution in [-0.2, 0) is 18.9 Å². The molecule has 3 fully saturated rings. The van der Waals surface area contributed by atoms with E-state index in [1.165, 1.54) is 0 Å². The molecule has 0 aromatic carbocycles. The first kappa shape index (κ1) is 8.17. The first-order valence-corrected chi connectivity index (χ1v) is 4.83. The lowest BCUT2D eigenvalue weighted by molar-refractivity contribution is -0.269. The lowest BCUT2D eigenvalue weighted by Crippen LogP contribution is -2.52. The van der Waals surface area contributed by atoms with Crippen LogP contribution in [0.5, 0.6) is 0 Å². The van der Waals surface area contributed by atoms with E-state index in [9.17, 15) is 0 Å². The van der Waals surface area contributed by atoms with Gasteiger partial charge in [-0.05, 0) is 13.8 Å². The minimum absolute atomic E-state index is 0.0648. The van der Waals surface area contributed by atoms with Gasteiger partial charge < -0.3 is 18.9 Å². The van der Waals surface area contributed by atoms with E-state index in [0.29, 0.717) is 6.61 Å². The van der Waals surface area contributed by atoms with E-state index in [-0.39, 0.29) is 36.8 Å². The Kier molecular flexibility index (Phi) is 1.68. The maximum absolute atomic E-state index is 5.72. The van der Waals surface area contributed by atoms with Crippen molar-refractivity contribution in [1.82, 2.24) is 0 Å². The molecule has 6 atom stereocenters. The van der Waals surface area contributed by atoms with E-state index in [1.807, 2.05) is 13.8 Å². The van der Waals surface area contributed by atoms with Crippen molar-refractivity contribution in [3.05, 3.63) is 0 Å². The molecule has 6 unspecified atom stereocenters. The molecule has 0 spiro atoms. The van der Waals surface area contributed by atoms with Crippen LogP contribution < -0.4 is 0 Å². The van der Waals surface area contributed by atoms with Crippen LogP contribution in [0.2, 0.25) is 0 Å². The average molecular weight is 186 g/mol. The maximum atomic E-state index is 5.72. The molecule has 3 saturated heterocycles. The smallest absolute Gasteiger partial charge is 0.155 e. The minimum atomic E-state index is -0.122. The van der Waals surface area contributed by atoms with Gasteiger partial charge in [-0.2, -0.15) is 0 Å². The van der Waals surface area contributed by atoms with Crippen molar-refractivity contribution in [2.24, 2.45) is 0 Å². The van der Waals surface area contributed by atoms with Crippen molar-refractivity contribution in [3.63, 3.8) is 0 Å². The fraction of sp³-hybridized carbons (Fsp3) is 1.00. The standard InChI is InChI=1S/C9H14O4/c1-4-7-9(13-7)8-6(11-4)3-10-5(2)12-8/h4-9H,3H2,1-2H3. The van der Waals surface area contributed by atoms with E-state index in [2.05, 4.69) is 0 Å². The van der Waals surface area contributed by atoms with Gasteiger partial charge >= 0.3 is 0 Å². The highest BCUT2D eigenvalue weighted by Crippen LogP contribution is 2.40. The molecular weight excluding hydrogens is 172 g/mol. The highest BCUT2D eigenvalue weighted by atomic mass is 16.7. The van der Waals surface area contributed by atoms with Crippen LogP contribution in [0.15, 0.2) is 0 Å². The van der Waals surface area contributed by atoms with Crippen molar-refractivity contribution < 1.29 is 18.9 Å². The molecule has 0 bridgehead atoms. The van der Waals surface area contributed by atoms with Gasteiger partial charge in [0, 0.05) is 0 Å². The van der Waals surface area contributed by atoms with Crippen LogP contribution in [-0.4, -0.2) is 43.4 Å². The van der Waals surface area contributed by atoms with E-state index in [4.69, 9.17) is 18.9 Å². The number of ether oxygens (including phenoxy) is 4. The number of hydrogen-bond donors (Lipinski definition) is 0. The lowest BCUT2D eigenvalue weighted by Gasteiger charge is -2.38. The van der Waals surface area contributed by atoms with E-state index in [0.717, 1.165) is 0 Å². The van der Waals surface area contributed by atoms with Crippen molar-refractivity contribution in [2.75, 3.05) is 6.61 Å². The molecule has 3 heterocycles. The quantitative estimate of drug-likeness (QED) is 0.510. The molecule has 74 valence electrons. The molecule has 0 saturated carbocycles. The highest BCUT2D eigenvalue weighted by Gasteiger charge is 2.58. The van der Waals surface area contributed by atoms with Crippen LogP contribution >= 0.6 is 0 Å². The second-order valence-corrected chi connectivity index (χ2v) is 3.95. The summed E-state index contributed by atoms with van der Waals surface area (Å²) in [7, 11) is 0. The van der Waals surface area contributed by atoms with Crippen LogP contribution in [0.25, 0.3) is 0 Å². The van der Waals surface area contributed by atoms with Gasteiger partial charge in [-0.15, -0.1) is 0 Å². The summed E-state index contributed by atoms with van der Waals surface area (Å²) < 4.78 is 22.2. The third-order valence-electron chi connectivity index (χ3n) is 2.95. The van der Waals surface area contributed by atoms with Crippen LogP contribution in [0.3, 0.4) is 0 Å². The summed E-state index contributed by atoms with van der Waals surface area (Å²) in [5, 5.41) is 0. The number of rotatable bonds is 0. The van der Waals surface area contributed by atoms with Gasteiger partial charge in [0.1, 0.15) is 24.4 Å². The molecule has 3 aliphatic rings. The Balaban J connectivity index is 1.75. The van der Waals surface area contributed by atoms with Crippen molar-refractivity contribution in [2.45, 2.75) is 50.7 Å². The van der Waals surface area contributed by atoms with Crippen molar-refractivity contribution >= 4 is 0 Å². The predicted molar refractivity (Wildman–Crippen MR) is 43.3 cm³/mol. The lowest BCUT2D eigenvalue weighted by atomic mass is 10.0. The van der Waals surface area contributed by atoms with Crippen molar-refractivity contribution in [1.29, 1.82) is 0 Å². The molecule has 0 aliphatic carbocycles. The first-order valence-electron chi connectivity index (χ1n) is 4.83. The Labute approximate surface area is 77.1 Å². The van der Waals surface area contributed by atoms with Gasteiger partial charge in [0.05, 0.1) is 12.7 Å². The fourth-order valence-corrected chi connectivity index (χ4v) is 2.21. The summed E-state index contributed by atoms with van der Waals surface area (Å²) in [4.78, 5) is 0.